The van der Waals surface area contributed by atoms with Crippen LogP contribution in [0.4, 0.5) is 0 Å². The zero-order valence-electron chi connectivity index (χ0n) is 9.30. The number of hydrogen-bond acceptors (Lipinski definition) is 4. The molecule has 1 aliphatic carbocycles. The number of aliphatic hydroxyl groups is 2. The van der Waals surface area contributed by atoms with Crippen LogP contribution in [-0.2, 0) is 4.74 Å². The molecule has 0 aromatic heterocycles. The standard InChI is InChI=1S/C11H21NO3/c1-8-7-15-9(6-13)5-12(8)10-3-2-4-11(10)14/h8-11,13-14H,2-7H2,1H3/t8?,9?,10-,11-/m0/s1. The molecular weight excluding hydrogens is 194 g/mol. The molecule has 0 radical (unpaired) electrons. The Morgan fingerprint density at radius 3 is 2.80 bits per heavy atom. The lowest BCUT2D eigenvalue weighted by Gasteiger charge is -2.42. The lowest BCUT2D eigenvalue weighted by atomic mass is 10.1. The second-order valence-corrected chi connectivity index (χ2v) is 4.75. The molecule has 15 heavy (non-hydrogen) atoms. The van der Waals surface area contributed by atoms with Gasteiger partial charge in [-0.3, -0.25) is 4.90 Å². The van der Waals surface area contributed by atoms with E-state index in [-0.39, 0.29) is 24.9 Å². The third kappa shape index (κ3) is 2.33. The van der Waals surface area contributed by atoms with Gasteiger partial charge in [-0.1, -0.05) is 0 Å². The predicted octanol–water partition coefficient (Wildman–Crippen LogP) is -0.0186. The van der Waals surface area contributed by atoms with Gasteiger partial charge < -0.3 is 14.9 Å². The molecule has 4 nitrogen and oxygen atoms in total. The lowest BCUT2D eigenvalue weighted by molar-refractivity contribution is -0.102. The number of rotatable bonds is 2. The predicted molar refractivity (Wildman–Crippen MR) is 56.6 cm³/mol. The van der Waals surface area contributed by atoms with Gasteiger partial charge in [0.2, 0.25) is 0 Å². The van der Waals surface area contributed by atoms with E-state index in [2.05, 4.69) is 11.8 Å². The summed E-state index contributed by atoms with van der Waals surface area (Å²) in [5, 5.41) is 19.0. The van der Waals surface area contributed by atoms with E-state index in [0.717, 1.165) is 25.8 Å². The fourth-order valence-electron chi connectivity index (χ4n) is 2.72. The van der Waals surface area contributed by atoms with Gasteiger partial charge in [-0.15, -0.1) is 0 Å². The summed E-state index contributed by atoms with van der Waals surface area (Å²) >= 11 is 0. The summed E-state index contributed by atoms with van der Waals surface area (Å²) in [5.41, 5.74) is 0. The molecule has 88 valence electrons. The highest BCUT2D eigenvalue weighted by Crippen LogP contribution is 2.27. The maximum absolute atomic E-state index is 9.87. The van der Waals surface area contributed by atoms with Crippen molar-refractivity contribution >= 4 is 0 Å². The first kappa shape index (κ1) is 11.3. The van der Waals surface area contributed by atoms with Crippen molar-refractivity contribution < 1.29 is 14.9 Å². The molecule has 4 atom stereocenters. The van der Waals surface area contributed by atoms with Gasteiger partial charge in [0.15, 0.2) is 0 Å². The minimum absolute atomic E-state index is 0.0750. The third-order valence-electron chi connectivity index (χ3n) is 3.63. The molecule has 1 saturated heterocycles. The molecule has 0 amide bonds. The largest absolute Gasteiger partial charge is 0.394 e. The third-order valence-corrected chi connectivity index (χ3v) is 3.63. The summed E-state index contributed by atoms with van der Waals surface area (Å²) in [5.74, 6) is 0. The molecule has 4 heteroatoms. The van der Waals surface area contributed by atoms with E-state index in [0.29, 0.717) is 12.6 Å². The smallest absolute Gasteiger partial charge is 0.0933 e. The fourth-order valence-corrected chi connectivity index (χ4v) is 2.72. The number of nitrogens with zero attached hydrogens (tertiary/aromatic N) is 1. The van der Waals surface area contributed by atoms with Gasteiger partial charge in [-0.25, -0.2) is 0 Å². The first-order chi connectivity index (χ1) is 7.22. The van der Waals surface area contributed by atoms with Crippen LogP contribution in [0.1, 0.15) is 26.2 Å². The second-order valence-electron chi connectivity index (χ2n) is 4.75. The van der Waals surface area contributed by atoms with Crippen LogP contribution >= 0.6 is 0 Å². The Bertz CT molecular complexity index is 212. The normalized spacial score (nSPS) is 43.4. The maximum Gasteiger partial charge on any atom is 0.0933 e. The number of morpholine rings is 1. The van der Waals surface area contributed by atoms with Gasteiger partial charge in [0.1, 0.15) is 0 Å². The summed E-state index contributed by atoms with van der Waals surface area (Å²) < 4.78 is 5.49. The Morgan fingerprint density at radius 2 is 2.20 bits per heavy atom. The summed E-state index contributed by atoms with van der Waals surface area (Å²) in [7, 11) is 0. The molecule has 2 fully saturated rings. The number of hydrogen-bond donors (Lipinski definition) is 2. The molecule has 2 rings (SSSR count). The maximum atomic E-state index is 9.87. The van der Waals surface area contributed by atoms with Crippen LogP contribution in [0.15, 0.2) is 0 Å². The highest BCUT2D eigenvalue weighted by atomic mass is 16.5. The van der Waals surface area contributed by atoms with Crippen molar-refractivity contribution in [2.45, 2.75) is 50.5 Å². The molecule has 0 bridgehead atoms. The minimum Gasteiger partial charge on any atom is -0.394 e. The van der Waals surface area contributed by atoms with E-state index >= 15 is 0 Å². The molecule has 2 unspecified atom stereocenters. The van der Waals surface area contributed by atoms with Crippen molar-refractivity contribution in [2.75, 3.05) is 19.8 Å². The molecule has 1 heterocycles. The van der Waals surface area contributed by atoms with Crippen molar-refractivity contribution in [3.63, 3.8) is 0 Å². The average molecular weight is 215 g/mol. The van der Waals surface area contributed by atoms with Crippen molar-refractivity contribution in [2.24, 2.45) is 0 Å². The average Bonchev–Trinajstić information content (AvgIpc) is 2.65. The lowest BCUT2D eigenvalue weighted by Crippen LogP contribution is -2.55. The summed E-state index contributed by atoms with van der Waals surface area (Å²) in [6, 6.07) is 0.628. The molecule has 0 spiro atoms. The van der Waals surface area contributed by atoms with Gasteiger partial charge in [-0.05, 0) is 26.2 Å². The van der Waals surface area contributed by atoms with Crippen LogP contribution in [0.3, 0.4) is 0 Å². The SMILES string of the molecule is CC1COC(CO)CN1[C@H]1CCC[C@@H]1O. The molecule has 1 aliphatic heterocycles. The van der Waals surface area contributed by atoms with Gasteiger partial charge >= 0.3 is 0 Å². The molecule has 0 aromatic carbocycles. The highest BCUT2D eigenvalue weighted by Gasteiger charge is 2.36. The Balaban J connectivity index is 1.98. The summed E-state index contributed by atoms with van der Waals surface area (Å²) in [6.45, 7) is 3.61. The fraction of sp³-hybridized carbons (Fsp3) is 1.00. The Hall–Kier alpha value is -0.160. The van der Waals surface area contributed by atoms with Gasteiger partial charge in [-0.2, -0.15) is 0 Å². The molecule has 2 N–H and O–H groups in total. The topological polar surface area (TPSA) is 52.9 Å². The summed E-state index contributed by atoms with van der Waals surface area (Å²) in [4.78, 5) is 2.31. The van der Waals surface area contributed by atoms with Crippen LogP contribution in [0.5, 0.6) is 0 Å². The second kappa shape index (κ2) is 4.78. The highest BCUT2D eigenvalue weighted by molar-refractivity contribution is 4.90. The monoisotopic (exact) mass is 215 g/mol. The Kier molecular flexibility index (Phi) is 3.61. The van der Waals surface area contributed by atoms with Crippen LogP contribution in [0.25, 0.3) is 0 Å². The number of aliphatic hydroxyl groups excluding tert-OH is 2. The van der Waals surface area contributed by atoms with Crippen LogP contribution in [0, 0.1) is 0 Å². The summed E-state index contributed by atoms with van der Waals surface area (Å²) in [6.07, 6.45) is 2.83. The molecular formula is C11H21NO3. The van der Waals surface area contributed by atoms with Crippen molar-refractivity contribution in [1.29, 1.82) is 0 Å². The van der Waals surface area contributed by atoms with Crippen molar-refractivity contribution in [1.82, 2.24) is 4.90 Å². The molecule has 2 aliphatic rings. The van der Waals surface area contributed by atoms with E-state index in [9.17, 15) is 5.11 Å². The number of ether oxygens (including phenoxy) is 1. The minimum atomic E-state index is -0.190. The zero-order valence-corrected chi connectivity index (χ0v) is 9.30. The van der Waals surface area contributed by atoms with E-state index in [1.54, 1.807) is 0 Å². The van der Waals surface area contributed by atoms with Gasteiger partial charge in [0.05, 0.1) is 25.4 Å². The Labute approximate surface area is 90.8 Å². The quantitative estimate of drug-likeness (QED) is 0.680. The van der Waals surface area contributed by atoms with E-state index in [1.807, 2.05) is 0 Å². The zero-order chi connectivity index (χ0) is 10.8. The van der Waals surface area contributed by atoms with Gasteiger partial charge in [0.25, 0.3) is 0 Å². The van der Waals surface area contributed by atoms with Crippen LogP contribution in [-0.4, -0.2) is 59.2 Å². The van der Waals surface area contributed by atoms with E-state index < -0.39 is 0 Å². The van der Waals surface area contributed by atoms with Crippen molar-refractivity contribution in [3.05, 3.63) is 0 Å². The first-order valence-electron chi connectivity index (χ1n) is 5.88. The van der Waals surface area contributed by atoms with E-state index in [4.69, 9.17) is 9.84 Å². The van der Waals surface area contributed by atoms with Gasteiger partial charge in [0, 0.05) is 18.6 Å². The van der Waals surface area contributed by atoms with Crippen molar-refractivity contribution in [3.8, 4) is 0 Å². The molecule has 1 saturated carbocycles. The Morgan fingerprint density at radius 1 is 1.40 bits per heavy atom. The van der Waals surface area contributed by atoms with Crippen LogP contribution in [0.2, 0.25) is 0 Å². The van der Waals surface area contributed by atoms with Crippen LogP contribution < -0.4 is 0 Å². The first-order valence-corrected chi connectivity index (χ1v) is 5.88. The van der Waals surface area contributed by atoms with E-state index in [1.165, 1.54) is 0 Å². The molecule has 0 aromatic rings.